The summed E-state index contributed by atoms with van der Waals surface area (Å²) in [7, 11) is 0. The lowest BCUT2D eigenvalue weighted by atomic mass is 10.2. The molecule has 1 atom stereocenters. The van der Waals surface area contributed by atoms with Gasteiger partial charge < -0.3 is 15.4 Å². The van der Waals surface area contributed by atoms with Crippen molar-refractivity contribution in [2.75, 3.05) is 23.8 Å². The SMILES string of the molecule is FC(F)(F)c1ccc(Cl)c(Nc2cc(NCC3CCCO3)ncn2)c1. The number of alkyl halides is 3. The van der Waals surface area contributed by atoms with Crippen molar-refractivity contribution in [1.82, 2.24) is 9.97 Å². The first-order valence-electron chi connectivity index (χ1n) is 7.73. The molecule has 0 radical (unpaired) electrons. The fourth-order valence-electron chi connectivity index (χ4n) is 2.48. The number of halogens is 4. The number of hydrogen-bond acceptors (Lipinski definition) is 5. The molecule has 9 heteroatoms. The summed E-state index contributed by atoms with van der Waals surface area (Å²) in [5.41, 5.74) is -0.662. The van der Waals surface area contributed by atoms with Gasteiger partial charge in [0.2, 0.25) is 0 Å². The predicted octanol–water partition coefficient (Wildman–Crippen LogP) is 4.48. The average Bonchev–Trinajstić information content (AvgIpc) is 3.08. The van der Waals surface area contributed by atoms with E-state index in [0.29, 0.717) is 18.2 Å². The van der Waals surface area contributed by atoms with Crippen LogP contribution in [0.2, 0.25) is 5.02 Å². The van der Waals surface area contributed by atoms with Gasteiger partial charge in [0.05, 0.1) is 22.4 Å². The van der Waals surface area contributed by atoms with Crippen LogP contribution in [0.25, 0.3) is 0 Å². The lowest BCUT2D eigenvalue weighted by Gasteiger charge is -2.13. The Kier molecular flexibility index (Phi) is 5.29. The second-order valence-corrected chi connectivity index (χ2v) is 6.03. The zero-order valence-corrected chi connectivity index (χ0v) is 13.9. The lowest BCUT2D eigenvalue weighted by Crippen LogP contribution is -2.19. The summed E-state index contributed by atoms with van der Waals surface area (Å²) in [5.74, 6) is 0.891. The van der Waals surface area contributed by atoms with E-state index < -0.39 is 11.7 Å². The van der Waals surface area contributed by atoms with Gasteiger partial charge in [0.1, 0.15) is 18.0 Å². The third-order valence-electron chi connectivity index (χ3n) is 3.76. The molecule has 2 aromatic rings. The van der Waals surface area contributed by atoms with Crippen molar-refractivity contribution in [3.8, 4) is 0 Å². The number of aromatic nitrogens is 2. The summed E-state index contributed by atoms with van der Waals surface area (Å²) in [6, 6.07) is 4.68. The van der Waals surface area contributed by atoms with Crippen molar-refractivity contribution in [3.63, 3.8) is 0 Å². The maximum Gasteiger partial charge on any atom is 0.416 e. The van der Waals surface area contributed by atoms with E-state index in [9.17, 15) is 13.2 Å². The normalized spacial score (nSPS) is 17.5. The smallest absolute Gasteiger partial charge is 0.376 e. The van der Waals surface area contributed by atoms with Crippen LogP contribution in [0.4, 0.5) is 30.5 Å². The second kappa shape index (κ2) is 7.45. The molecule has 1 aliphatic rings. The third-order valence-corrected chi connectivity index (χ3v) is 4.09. The van der Waals surface area contributed by atoms with Crippen LogP contribution in [0, 0.1) is 0 Å². The molecule has 1 fully saturated rings. The molecule has 3 rings (SSSR count). The molecule has 1 aliphatic heterocycles. The monoisotopic (exact) mass is 372 g/mol. The van der Waals surface area contributed by atoms with E-state index in [1.165, 1.54) is 12.4 Å². The summed E-state index contributed by atoms with van der Waals surface area (Å²) >= 11 is 5.98. The molecule has 2 heterocycles. The highest BCUT2D eigenvalue weighted by molar-refractivity contribution is 6.33. The van der Waals surface area contributed by atoms with E-state index in [1.54, 1.807) is 6.07 Å². The van der Waals surface area contributed by atoms with Gasteiger partial charge in [0.25, 0.3) is 0 Å². The quantitative estimate of drug-likeness (QED) is 0.810. The number of benzene rings is 1. The predicted molar refractivity (Wildman–Crippen MR) is 89.2 cm³/mol. The Morgan fingerprint density at radius 2 is 2.00 bits per heavy atom. The Labute approximate surface area is 147 Å². The maximum absolute atomic E-state index is 12.8. The van der Waals surface area contributed by atoms with Crippen molar-refractivity contribution in [3.05, 3.63) is 41.2 Å². The zero-order chi connectivity index (χ0) is 17.9. The van der Waals surface area contributed by atoms with Crippen molar-refractivity contribution in [1.29, 1.82) is 0 Å². The first-order valence-corrected chi connectivity index (χ1v) is 8.11. The summed E-state index contributed by atoms with van der Waals surface area (Å²) in [4.78, 5) is 8.10. The maximum atomic E-state index is 12.8. The molecule has 0 bridgehead atoms. The van der Waals surface area contributed by atoms with Gasteiger partial charge in [-0.15, -0.1) is 0 Å². The number of rotatable bonds is 5. The molecule has 1 unspecified atom stereocenters. The van der Waals surface area contributed by atoms with Gasteiger partial charge in [-0.3, -0.25) is 0 Å². The molecule has 0 spiro atoms. The second-order valence-electron chi connectivity index (χ2n) is 5.62. The molecule has 2 N–H and O–H groups in total. The molecule has 134 valence electrons. The molecule has 0 saturated carbocycles. The minimum absolute atomic E-state index is 0.125. The third kappa shape index (κ3) is 4.73. The van der Waals surface area contributed by atoms with Gasteiger partial charge >= 0.3 is 6.18 Å². The molecule has 5 nitrogen and oxygen atoms in total. The largest absolute Gasteiger partial charge is 0.416 e. The Morgan fingerprint density at radius 1 is 1.20 bits per heavy atom. The van der Waals surface area contributed by atoms with Crippen molar-refractivity contribution in [2.24, 2.45) is 0 Å². The molecule has 25 heavy (non-hydrogen) atoms. The molecule has 0 amide bonds. The molecule has 1 saturated heterocycles. The molecular formula is C16H16ClF3N4O. The average molecular weight is 373 g/mol. The first-order chi connectivity index (χ1) is 11.9. The van der Waals surface area contributed by atoms with E-state index in [-0.39, 0.29) is 16.8 Å². The van der Waals surface area contributed by atoms with Crippen LogP contribution >= 0.6 is 11.6 Å². The first kappa shape index (κ1) is 17.8. The topological polar surface area (TPSA) is 59.1 Å². The van der Waals surface area contributed by atoms with Crippen molar-refractivity contribution < 1.29 is 17.9 Å². The van der Waals surface area contributed by atoms with Crippen LogP contribution in [0.3, 0.4) is 0 Å². The van der Waals surface area contributed by atoms with E-state index in [4.69, 9.17) is 16.3 Å². The molecule has 0 aliphatic carbocycles. The highest BCUT2D eigenvalue weighted by atomic mass is 35.5. The standard InChI is InChI=1S/C16H16ClF3N4O/c17-12-4-3-10(16(18,19)20)6-13(12)24-15-7-14(22-9-23-15)21-8-11-2-1-5-25-11/h3-4,6-7,9,11H,1-2,5,8H2,(H2,21,22,23,24). The van der Waals surface area contributed by atoms with Gasteiger partial charge in [-0.1, -0.05) is 11.6 Å². The highest BCUT2D eigenvalue weighted by Crippen LogP contribution is 2.34. The van der Waals surface area contributed by atoms with Crippen LogP contribution in [-0.2, 0) is 10.9 Å². The van der Waals surface area contributed by atoms with Crippen LogP contribution in [0.1, 0.15) is 18.4 Å². The zero-order valence-electron chi connectivity index (χ0n) is 13.1. The molecule has 1 aromatic heterocycles. The summed E-state index contributed by atoms with van der Waals surface area (Å²) in [6.07, 6.45) is -0.952. The molecular weight excluding hydrogens is 357 g/mol. The summed E-state index contributed by atoms with van der Waals surface area (Å²) in [6.45, 7) is 1.37. The van der Waals surface area contributed by atoms with Gasteiger partial charge in [-0.05, 0) is 31.0 Å². The Bertz CT molecular complexity index is 736. The number of ether oxygens (including phenoxy) is 1. The minimum Gasteiger partial charge on any atom is -0.376 e. The Hall–Kier alpha value is -2.06. The lowest BCUT2D eigenvalue weighted by molar-refractivity contribution is -0.137. The van der Waals surface area contributed by atoms with Gasteiger partial charge in [-0.2, -0.15) is 13.2 Å². The van der Waals surface area contributed by atoms with Crippen LogP contribution < -0.4 is 10.6 Å². The summed E-state index contributed by atoms with van der Waals surface area (Å²) < 4.78 is 44.0. The van der Waals surface area contributed by atoms with Crippen LogP contribution in [0.15, 0.2) is 30.6 Å². The van der Waals surface area contributed by atoms with Gasteiger partial charge in [0, 0.05) is 19.2 Å². The van der Waals surface area contributed by atoms with Gasteiger partial charge in [0.15, 0.2) is 0 Å². The number of anilines is 3. The van der Waals surface area contributed by atoms with E-state index in [1.807, 2.05) is 0 Å². The fourth-order valence-corrected chi connectivity index (χ4v) is 2.65. The number of nitrogens with one attached hydrogen (secondary N) is 2. The fraction of sp³-hybridized carbons (Fsp3) is 0.375. The Balaban J connectivity index is 1.71. The van der Waals surface area contributed by atoms with E-state index in [2.05, 4.69) is 20.6 Å². The Morgan fingerprint density at radius 3 is 2.72 bits per heavy atom. The number of nitrogens with zero attached hydrogens (tertiary/aromatic N) is 2. The van der Waals surface area contributed by atoms with E-state index in [0.717, 1.165) is 31.6 Å². The summed E-state index contributed by atoms with van der Waals surface area (Å²) in [5, 5.41) is 6.10. The van der Waals surface area contributed by atoms with Crippen molar-refractivity contribution in [2.45, 2.75) is 25.1 Å². The minimum atomic E-state index is -4.44. The highest BCUT2D eigenvalue weighted by Gasteiger charge is 2.31. The van der Waals surface area contributed by atoms with Crippen molar-refractivity contribution >= 4 is 28.9 Å². The van der Waals surface area contributed by atoms with E-state index >= 15 is 0 Å². The van der Waals surface area contributed by atoms with Gasteiger partial charge in [-0.25, -0.2) is 9.97 Å². The van der Waals surface area contributed by atoms with Crippen LogP contribution in [-0.4, -0.2) is 29.2 Å². The van der Waals surface area contributed by atoms with Crippen LogP contribution in [0.5, 0.6) is 0 Å². The molecule has 1 aromatic carbocycles. The number of hydrogen-bond donors (Lipinski definition) is 2.